The van der Waals surface area contributed by atoms with Gasteiger partial charge in [0.05, 0.1) is 31.5 Å². The van der Waals surface area contributed by atoms with E-state index in [1.54, 1.807) is 47.2 Å². The summed E-state index contributed by atoms with van der Waals surface area (Å²) in [5.41, 5.74) is 8.74. The largest absolute Gasteiger partial charge is 0.459 e. The number of esters is 1. The fraction of sp³-hybridized carbons (Fsp3) is 0.689. The zero-order chi connectivity index (χ0) is 61.0. The van der Waals surface area contributed by atoms with Crippen molar-refractivity contribution in [3.8, 4) is 0 Å². The summed E-state index contributed by atoms with van der Waals surface area (Å²) in [7, 11) is 3.05. The number of methoxy groups -OCH3 is 2. The second kappa shape index (κ2) is 33.2. The number of nitrogens with one attached hydrogen (secondary N) is 2. The molecule has 0 aromatic carbocycles. The molecule has 3 aliphatic heterocycles. The molecule has 22 nitrogen and oxygen atoms in total. The molecule has 5 rings (SSSR count). The summed E-state index contributed by atoms with van der Waals surface area (Å²) in [5, 5.41) is 39.8. The van der Waals surface area contributed by atoms with Gasteiger partial charge in [-0.3, -0.25) is 24.0 Å². The summed E-state index contributed by atoms with van der Waals surface area (Å²) >= 11 is 0. The van der Waals surface area contributed by atoms with Crippen LogP contribution in [-0.2, 0) is 63.7 Å². The van der Waals surface area contributed by atoms with E-state index < -0.39 is 120 Å². The number of rotatable bonds is 14. The van der Waals surface area contributed by atoms with E-state index in [0.717, 1.165) is 16.0 Å². The van der Waals surface area contributed by atoms with Gasteiger partial charge < -0.3 is 65.0 Å². The second-order valence-electron chi connectivity index (χ2n) is 23.1. The van der Waals surface area contributed by atoms with Crippen molar-refractivity contribution in [1.29, 1.82) is 0 Å². The highest BCUT2D eigenvalue weighted by Crippen LogP contribution is 2.37. The monoisotopic (exact) mass is 1160 g/mol. The van der Waals surface area contributed by atoms with Crippen molar-refractivity contribution in [3.05, 3.63) is 71.4 Å². The minimum Gasteiger partial charge on any atom is -0.459 e. The molecule has 83 heavy (non-hydrogen) atoms. The van der Waals surface area contributed by atoms with Crippen LogP contribution in [-0.4, -0.2) is 173 Å². The van der Waals surface area contributed by atoms with Gasteiger partial charge in [-0.2, -0.15) is 0 Å². The zero-order valence-electron chi connectivity index (χ0n) is 50.0. The number of hydrogen-bond acceptors (Lipinski definition) is 19. The van der Waals surface area contributed by atoms with Crippen LogP contribution in [0.5, 0.6) is 0 Å². The summed E-state index contributed by atoms with van der Waals surface area (Å²) in [6.45, 7) is 12.7. The number of cyclic esters (lactones) is 1. The number of ether oxygens (including phenoxy) is 6. The van der Waals surface area contributed by atoms with Crippen LogP contribution >= 0.6 is 0 Å². The molecule has 1 unspecified atom stereocenters. The molecule has 15 atom stereocenters. The SMILES string of the molecule is CO[C@H]1C[C@@H]2CC[C@@H](C)[C@@](O)(O2)C(=O)C(=O)N2CCCC[C@H]2C(=O)O[C@H]([C@H](N)C[C@@H]2CC[C@@H](OC(=O)NCCOCCC(=O)NCc3cnc(C)nc3)[C@H](OC)C2)CC(=O)[C@H](C)/C=C(\C)[C@@H](O)[C@@H](O)C(=O)C(C)C[C@H](C)/C=C/C=C/C=C/1C. The van der Waals surface area contributed by atoms with Crippen LogP contribution in [0.3, 0.4) is 0 Å². The number of hydrogen-bond donors (Lipinski definition) is 6. The predicted molar refractivity (Wildman–Crippen MR) is 305 cm³/mol. The number of aliphatic hydroxyl groups is 3. The van der Waals surface area contributed by atoms with E-state index in [2.05, 4.69) is 20.6 Å². The minimum absolute atomic E-state index is 0.00412. The van der Waals surface area contributed by atoms with Gasteiger partial charge in [-0.25, -0.2) is 19.6 Å². The van der Waals surface area contributed by atoms with Gasteiger partial charge >= 0.3 is 12.1 Å². The van der Waals surface area contributed by atoms with E-state index >= 15 is 0 Å². The molecule has 7 N–H and O–H groups in total. The maximum Gasteiger partial charge on any atom is 0.407 e. The Morgan fingerprint density at radius 2 is 1.59 bits per heavy atom. The van der Waals surface area contributed by atoms with Crippen LogP contribution < -0.4 is 16.4 Å². The summed E-state index contributed by atoms with van der Waals surface area (Å²) < 4.78 is 35.3. The number of Topliss-reactive ketones (excluding diaryl/α,β-unsaturated/α-hetero) is 3. The van der Waals surface area contributed by atoms with E-state index in [4.69, 9.17) is 34.2 Å². The van der Waals surface area contributed by atoms with Gasteiger partial charge in [-0.05, 0) is 108 Å². The van der Waals surface area contributed by atoms with Crippen LogP contribution in [0.25, 0.3) is 0 Å². The molecular weight excluding hydrogens is 1070 g/mol. The van der Waals surface area contributed by atoms with Gasteiger partial charge in [-0.1, -0.05) is 64.2 Å². The quantitative estimate of drug-likeness (QED) is 0.0632. The first-order chi connectivity index (χ1) is 39.4. The average Bonchev–Trinajstić information content (AvgIpc) is 3.23. The highest BCUT2D eigenvalue weighted by Gasteiger charge is 2.53. The van der Waals surface area contributed by atoms with Crippen molar-refractivity contribution >= 4 is 41.2 Å². The number of fused-ring (bicyclic) bond motifs is 3. The summed E-state index contributed by atoms with van der Waals surface area (Å²) in [6.07, 6.45) is 10.2. The summed E-state index contributed by atoms with van der Waals surface area (Å²) in [6, 6.07) is -2.23. The third-order valence-electron chi connectivity index (χ3n) is 16.5. The Kier molecular flexibility index (Phi) is 27.3. The van der Waals surface area contributed by atoms with Gasteiger partial charge in [0.2, 0.25) is 11.7 Å². The number of piperidine rings is 1. The molecule has 2 bridgehead atoms. The number of nitrogens with zero attached hydrogens (tertiary/aromatic N) is 3. The number of alkyl carbamates (subject to hydrolysis) is 1. The second-order valence-corrected chi connectivity index (χ2v) is 23.1. The Balaban J connectivity index is 1.29. The number of carbonyl (C=O) groups is 7. The fourth-order valence-electron chi connectivity index (χ4n) is 11.3. The number of aromatic nitrogens is 2. The number of aryl methyl sites for hydroxylation is 1. The van der Waals surface area contributed by atoms with Gasteiger partial charge in [0, 0.05) is 94.9 Å². The molecule has 462 valence electrons. The first kappa shape index (κ1) is 68.2. The van der Waals surface area contributed by atoms with Crippen LogP contribution in [0.15, 0.2) is 60.0 Å². The van der Waals surface area contributed by atoms with Gasteiger partial charge in [0.1, 0.15) is 42.1 Å². The third kappa shape index (κ3) is 20.3. The average molecular weight is 1170 g/mol. The maximum atomic E-state index is 14.5. The molecule has 2 saturated heterocycles. The van der Waals surface area contributed by atoms with Crippen molar-refractivity contribution in [2.24, 2.45) is 35.3 Å². The summed E-state index contributed by atoms with van der Waals surface area (Å²) in [4.78, 5) is 105. The highest BCUT2D eigenvalue weighted by molar-refractivity contribution is 6.39. The topological polar surface area (TPSA) is 315 Å². The molecule has 1 aliphatic carbocycles. The van der Waals surface area contributed by atoms with E-state index in [1.807, 2.05) is 44.2 Å². The molecule has 3 fully saturated rings. The standard InChI is InChI=1S/C61H92N6O16/c1-36-15-11-10-12-16-37(2)50(78-8)31-45-20-18-41(6)61(77,83-45)57(73)58(74)67-24-14-13-17-47(67)59(75)81-51(32-48(68)38(3)28-40(5)55(71)56(72)54(70)39(4)27-36)46(62)29-43-19-21-49(52(30-43)79-9)82-60(76)63-23-26-80-25-22-53(69)66-35-44-33-64-42(7)65-34-44/h10-12,15-16,28,33-34,36,38-39,41,43,45-47,49-52,55-56,71-72,77H,13-14,17-27,29-32,35,62H2,1-9H3,(H,63,76)(H,66,69)/b12-10+,15-11+,37-16+,40-28+/t36-,38-,39?,41-,43+,45+,46-,47+,49-,50+,51+,52-,55-,56+,61-/m1/s1. The molecule has 0 radical (unpaired) electrons. The Morgan fingerprint density at radius 1 is 0.855 bits per heavy atom. The Labute approximate surface area is 488 Å². The fourth-order valence-corrected chi connectivity index (χ4v) is 11.3. The smallest absolute Gasteiger partial charge is 0.407 e. The molecule has 1 aromatic heterocycles. The molecule has 4 heterocycles. The molecule has 4 aliphatic rings. The number of nitrogens with two attached hydrogens (primary N) is 1. The molecule has 1 aromatic rings. The Hall–Kier alpha value is -5.59. The highest BCUT2D eigenvalue weighted by atomic mass is 16.6. The molecule has 3 amide bonds. The number of allylic oxidation sites excluding steroid dienone is 6. The van der Waals surface area contributed by atoms with Crippen molar-refractivity contribution in [3.63, 3.8) is 0 Å². The number of amides is 3. The first-order valence-electron chi connectivity index (χ1n) is 29.4. The lowest BCUT2D eigenvalue weighted by molar-refractivity contribution is -0.265. The number of aliphatic hydroxyl groups excluding tert-OH is 2. The van der Waals surface area contributed by atoms with E-state index in [0.29, 0.717) is 57.2 Å². The van der Waals surface area contributed by atoms with Crippen LogP contribution in [0.4, 0.5) is 4.79 Å². The van der Waals surface area contributed by atoms with Crippen molar-refractivity contribution in [2.45, 2.75) is 199 Å². The predicted octanol–water partition coefficient (Wildman–Crippen LogP) is 4.77. The van der Waals surface area contributed by atoms with Crippen molar-refractivity contribution in [2.75, 3.05) is 40.5 Å². The normalized spacial score (nSPS) is 34.0. The molecule has 0 spiro atoms. The number of ketones is 3. The lowest BCUT2D eigenvalue weighted by Crippen LogP contribution is -2.61. The Bertz CT molecular complexity index is 2470. The van der Waals surface area contributed by atoms with Gasteiger partial charge in [-0.15, -0.1) is 0 Å². The number of carbonyl (C=O) groups excluding carboxylic acids is 7. The summed E-state index contributed by atoms with van der Waals surface area (Å²) in [5.74, 6) is -8.81. The Morgan fingerprint density at radius 3 is 2.30 bits per heavy atom. The van der Waals surface area contributed by atoms with Crippen LogP contribution in [0.2, 0.25) is 0 Å². The van der Waals surface area contributed by atoms with Crippen molar-refractivity contribution < 1.29 is 77.3 Å². The lowest BCUT2D eigenvalue weighted by Gasteiger charge is -2.42. The first-order valence-corrected chi connectivity index (χ1v) is 29.4. The molecule has 1 saturated carbocycles. The van der Waals surface area contributed by atoms with E-state index in [9.17, 15) is 48.9 Å². The van der Waals surface area contributed by atoms with Crippen LogP contribution in [0, 0.1) is 36.5 Å². The van der Waals surface area contributed by atoms with Crippen LogP contribution in [0.1, 0.15) is 136 Å². The minimum atomic E-state index is -2.50. The van der Waals surface area contributed by atoms with Gasteiger partial charge in [0.25, 0.3) is 11.7 Å². The van der Waals surface area contributed by atoms with Gasteiger partial charge in [0.15, 0.2) is 5.78 Å². The molecular formula is C61H92N6O16. The zero-order valence-corrected chi connectivity index (χ0v) is 50.0. The third-order valence-corrected chi connectivity index (χ3v) is 16.5. The van der Waals surface area contributed by atoms with Crippen molar-refractivity contribution in [1.82, 2.24) is 25.5 Å². The lowest BCUT2D eigenvalue weighted by atomic mass is 9.80. The van der Waals surface area contributed by atoms with E-state index in [-0.39, 0.29) is 81.8 Å². The molecule has 22 heteroatoms. The maximum absolute atomic E-state index is 14.5. The van der Waals surface area contributed by atoms with E-state index in [1.165, 1.54) is 20.1 Å².